The first-order valence-corrected chi connectivity index (χ1v) is 5.66. The number of carbonyl (C=O) groups excluding carboxylic acids is 1. The normalized spacial score (nSPS) is 11.2. The topological polar surface area (TPSA) is 65.9 Å². The average Bonchev–Trinajstić information content (AvgIpc) is 2.65. The summed E-state index contributed by atoms with van der Waals surface area (Å²) < 4.78 is 5.27. The molecule has 0 bridgehead atoms. The summed E-state index contributed by atoms with van der Waals surface area (Å²) in [5.41, 5.74) is 0.726. The van der Waals surface area contributed by atoms with Crippen molar-refractivity contribution in [1.29, 1.82) is 5.26 Å². The molecule has 4 nitrogen and oxygen atoms in total. The Labute approximate surface area is 105 Å². The number of para-hydroxylation sites is 1. The van der Waals surface area contributed by atoms with Crippen LogP contribution < -0.4 is 0 Å². The Kier molecular flexibility index (Phi) is 2.84. The maximum atomic E-state index is 12.0. The summed E-state index contributed by atoms with van der Waals surface area (Å²) in [6, 6.07) is 9.36. The molecule has 1 heterocycles. The number of ether oxygens (including phenoxy) is 1. The molecule has 92 valence electrons. The smallest absolute Gasteiger partial charge is 0.356 e. The van der Waals surface area contributed by atoms with Crippen molar-refractivity contribution in [2.75, 3.05) is 0 Å². The molecule has 0 amide bonds. The Hall–Kier alpha value is -2.28. The Morgan fingerprint density at radius 3 is 2.61 bits per heavy atom. The summed E-state index contributed by atoms with van der Waals surface area (Å²) in [4.78, 5) is 14.9. The molecule has 1 aromatic heterocycles. The van der Waals surface area contributed by atoms with Crippen molar-refractivity contribution in [3.8, 4) is 6.07 Å². The molecular formula is C14H14N2O2. The summed E-state index contributed by atoms with van der Waals surface area (Å²) in [7, 11) is 0. The van der Waals surface area contributed by atoms with Gasteiger partial charge in [0.25, 0.3) is 0 Å². The van der Waals surface area contributed by atoms with Crippen molar-refractivity contribution in [2.45, 2.75) is 26.4 Å². The highest BCUT2D eigenvalue weighted by atomic mass is 16.6. The van der Waals surface area contributed by atoms with Crippen molar-refractivity contribution >= 4 is 16.9 Å². The van der Waals surface area contributed by atoms with Gasteiger partial charge in [-0.2, -0.15) is 5.26 Å². The fraction of sp³-hybridized carbons (Fsp3) is 0.286. The van der Waals surface area contributed by atoms with Gasteiger partial charge in [0.2, 0.25) is 0 Å². The zero-order valence-electron chi connectivity index (χ0n) is 10.6. The van der Waals surface area contributed by atoms with Gasteiger partial charge in [0.1, 0.15) is 17.4 Å². The summed E-state index contributed by atoms with van der Waals surface area (Å²) >= 11 is 0. The van der Waals surface area contributed by atoms with Crippen molar-refractivity contribution in [3.63, 3.8) is 0 Å². The van der Waals surface area contributed by atoms with Crippen molar-refractivity contribution in [3.05, 3.63) is 35.5 Å². The van der Waals surface area contributed by atoms with Gasteiger partial charge in [-0.15, -0.1) is 0 Å². The van der Waals surface area contributed by atoms with Gasteiger partial charge >= 0.3 is 5.97 Å². The fourth-order valence-electron chi connectivity index (χ4n) is 1.74. The minimum absolute atomic E-state index is 0.216. The van der Waals surface area contributed by atoms with Crippen molar-refractivity contribution in [2.24, 2.45) is 0 Å². The molecule has 0 saturated heterocycles. The maximum Gasteiger partial charge on any atom is 0.356 e. The Bertz CT molecular complexity index is 642. The van der Waals surface area contributed by atoms with Crippen LogP contribution >= 0.6 is 0 Å². The first-order valence-electron chi connectivity index (χ1n) is 5.66. The van der Waals surface area contributed by atoms with Gasteiger partial charge < -0.3 is 9.72 Å². The summed E-state index contributed by atoms with van der Waals surface area (Å²) in [5.74, 6) is -0.504. The van der Waals surface area contributed by atoms with E-state index in [-0.39, 0.29) is 5.69 Å². The van der Waals surface area contributed by atoms with Crippen molar-refractivity contribution in [1.82, 2.24) is 4.98 Å². The number of nitriles is 1. The van der Waals surface area contributed by atoms with E-state index in [2.05, 4.69) is 11.1 Å². The van der Waals surface area contributed by atoms with Crippen LogP contribution in [0.5, 0.6) is 0 Å². The number of fused-ring (bicyclic) bond motifs is 1. The standard InChI is InChI=1S/C14H14N2O2/c1-14(2,3)18-13(17)12-10(8-15)9-6-4-5-7-11(9)16-12/h4-7,16H,1-3H3. The van der Waals surface area contributed by atoms with Gasteiger partial charge in [0.15, 0.2) is 0 Å². The van der Waals surface area contributed by atoms with Gasteiger partial charge in [0, 0.05) is 10.9 Å². The van der Waals surface area contributed by atoms with E-state index >= 15 is 0 Å². The molecule has 0 atom stereocenters. The van der Waals surface area contributed by atoms with Crippen molar-refractivity contribution < 1.29 is 9.53 Å². The quantitative estimate of drug-likeness (QED) is 0.782. The van der Waals surface area contributed by atoms with E-state index in [1.54, 1.807) is 26.8 Å². The third kappa shape index (κ3) is 2.21. The van der Waals surface area contributed by atoms with E-state index in [0.717, 1.165) is 10.9 Å². The van der Waals surface area contributed by atoms with Crippen LogP contribution in [0, 0.1) is 11.3 Å². The highest BCUT2D eigenvalue weighted by Gasteiger charge is 2.23. The molecule has 0 unspecified atom stereocenters. The van der Waals surface area contributed by atoms with Crippen LogP contribution in [0.3, 0.4) is 0 Å². The zero-order valence-corrected chi connectivity index (χ0v) is 10.6. The van der Waals surface area contributed by atoms with Crippen LogP contribution in [0.1, 0.15) is 36.8 Å². The van der Waals surface area contributed by atoms with E-state index in [1.807, 2.05) is 18.2 Å². The third-order valence-electron chi connectivity index (χ3n) is 2.42. The zero-order chi connectivity index (χ0) is 13.3. The monoisotopic (exact) mass is 242 g/mol. The van der Waals surface area contributed by atoms with E-state index in [4.69, 9.17) is 4.74 Å². The number of hydrogen-bond acceptors (Lipinski definition) is 3. The number of nitrogens with zero attached hydrogens (tertiary/aromatic N) is 1. The summed E-state index contributed by atoms with van der Waals surface area (Å²) in [5, 5.41) is 9.91. The second-order valence-corrected chi connectivity index (χ2v) is 5.03. The second kappa shape index (κ2) is 4.19. The molecule has 18 heavy (non-hydrogen) atoms. The molecule has 0 fully saturated rings. The molecule has 0 spiro atoms. The molecule has 0 aliphatic rings. The minimum atomic E-state index is -0.582. The van der Waals surface area contributed by atoms with Crippen LogP contribution in [0.2, 0.25) is 0 Å². The van der Waals surface area contributed by atoms with Gasteiger partial charge in [0.05, 0.1) is 5.56 Å². The van der Waals surface area contributed by atoms with E-state index < -0.39 is 11.6 Å². The number of carbonyl (C=O) groups is 1. The summed E-state index contributed by atoms with van der Waals surface area (Å²) in [6.45, 7) is 5.37. The number of rotatable bonds is 1. The summed E-state index contributed by atoms with van der Waals surface area (Å²) in [6.07, 6.45) is 0. The van der Waals surface area contributed by atoms with Crippen LogP contribution in [0.15, 0.2) is 24.3 Å². The molecule has 0 aliphatic carbocycles. The molecule has 0 saturated carbocycles. The number of aromatic amines is 1. The second-order valence-electron chi connectivity index (χ2n) is 5.03. The Balaban J connectivity index is 2.52. The lowest BCUT2D eigenvalue weighted by molar-refractivity contribution is 0.00636. The predicted molar refractivity (Wildman–Crippen MR) is 68.2 cm³/mol. The number of H-pyrrole nitrogens is 1. The molecular weight excluding hydrogens is 228 g/mol. The average molecular weight is 242 g/mol. The SMILES string of the molecule is CC(C)(C)OC(=O)c1[nH]c2ccccc2c1C#N. The predicted octanol–water partition coefficient (Wildman–Crippen LogP) is 2.99. The number of hydrogen-bond donors (Lipinski definition) is 1. The number of benzene rings is 1. The van der Waals surface area contributed by atoms with Crippen LogP contribution in [0.4, 0.5) is 0 Å². The van der Waals surface area contributed by atoms with E-state index in [0.29, 0.717) is 5.56 Å². The molecule has 0 radical (unpaired) electrons. The fourth-order valence-corrected chi connectivity index (χ4v) is 1.74. The third-order valence-corrected chi connectivity index (χ3v) is 2.42. The van der Waals surface area contributed by atoms with Gasteiger partial charge in [-0.25, -0.2) is 4.79 Å². The molecule has 2 aromatic rings. The van der Waals surface area contributed by atoms with E-state index in [1.165, 1.54) is 0 Å². The first-order chi connectivity index (χ1) is 8.42. The molecule has 4 heteroatoms. The highest BCUT2D eigenvalue weighted by molar-refractivity contribution is 6.00. The molecule has 1 aromatic carbocycles. The van der Waals surface area contributed by atoms with E-state index in [9.17, 15) is 10.1 Å². The minimum Gasteiger partial charge on any atom is -0.455 e. The van der Waals surface area contributed by atoms with Gasteiger partial charge in [-0.3, -0.25) is 0 Å². The molecule has 0 aliphatic heterocycles. The van der Waals surface area contributed by atoms with Crippen LogP contribution in [-0.2, 0) is 4.74 Å². The first kappa shape index (κ1) is 12.2. The van der Waals surface area contributed by atoms with Crippen LogP contribution in [-0.4, -0.2) is 16.6 Å². The molecule has 1 N–H and O–H groups in total. The highest BCUT2D eigenvalue weighted by Crippen LogP contribution is 2.23. The number of nitrogens with one attached hydrogen (secondary N) is 1. The van der Waals surface area contributed by atoms with Gasteiger partial charge in [-0.1, -0.05) is 18.2 Å². The number of esters is 1. The Morgan fingerprint density at radius 2 is 2.00 bits per heavy atom. The lowest BCUT2D eigenvalue weighted by Crippen LogP contribution is -2.24. The van der Waals surface area contributed by atoms with Crippen LogP contribution in [0.25, 0.3) is 10.9 Å². The largest absolute Gasteiger partial charge is 0.455 e. The van der Waals surface area contributed by atoms with Gasteiger partial charge in [-0.05, 0) is 26.8 Å². The number of aromatic nitrogens is 1. The Morgan fingerprint density at radius 1 is 1.33 bits per heavy atom. The lowest BCUT2D eigenvalue weighted by atomic mass is 10.1. The maximum absolute atomic E-state index is 12.0. The molecule has 2 rings (SSSR count). The lowest BCUT2D eigenvalue weighted by Gasteiger charge is -2.18.